The van der Waals surface area contributed by atoms with Crippen molar-refractivity contribution in [3.05, 3.63) is 162 Å². The third-order valence-electron chi connectivity index (χ3n) is 8.48. The zero-order valence-corrected chi connectivity index (χ0v) is 29.8. The van der Waals surface area contributed by atoms with Crippen molar-refractivity contribution in [3.8, 4) is 0 Å². The average Bonchev–Trinajstić information content (AvgIpc) is 3.08. The summed E-state index contributed by atoms with van der Waals surface area (Å²) in [5.41, 5.74) is 4.49. The topological polar surface area (TPSA) is 0 Å². The van der Waals surface area contributed by atoms with Gasteiger partial charge >= 0.3 is 281 Å². The Kier molecular flexibility index (Phi) is 8.36. The van der Waals surface area contributed by atoms with Crippen LogP contribution in [0.2, 0.25) is 0 Å². The van der Waals surface area contributed by atoms with Gasteiger partial charge in [0.1, 0.15) is 0 Å². The summed E-state index contributed by atoms with van der Waals surface area (Å²) in [6.07, 6.45) is 0. The summed E-state index contributed by atoms with van der Waals surface area (Å²) in [6, 6.07) is 56.0. The molecule has 0 fully saturated rings. The van der Waals surface area contributed by atoms with Gasteiger partial charge in [0.25, 0.3) is 0 Å². The van der Waals surface area contributed by atoms with Crippen LogP contribution in [0.15, 0.2) is 160 Å². The molecule has 6 aromatic rings. The van der Waals surface area contributed by atoms with Gasteiger partial charge in [-0.1, -0.05) is 0 Å². The number of fused-ring (bicyclic) bond motifs is 3. The van der Waals surface area contributed by atoms with Crippen LogP contribution in [0.3, 0.4) is 0 Å². The molecule has 0 N–H and O–H groups in total. The zero-order chi connectivity index (χ0) is 29.3. The Balaban J connectivity index is 1.48. The van der Waals surface area contributed by atoms with Crippen LogP contribution in [0.4, 0.5) is 0 Å². The van der Waals surface area contributed by atoms with Crippen LogP contribution in [0.5, 0.6) is 0 Å². The number of benzene rings is 6. The minimum absolute atomic E-state index is 0.982. The van der Waals surface area contributed by atoms with Crippen LogP contribution in [0.25, 0.3) is 0 Å². The fourth-order valence-corrected chi connectivity index (χ4v) is 20.9. The molecule has 0 spiro atoms. The second-order valence-corrected chi connectivity index (χ2v) is 21.5. The number of rotatable bonds is 0. The second-order valence-electron chi connectivity index (χ2n) is 11.1. The van der Waals surface area contributed by atoms with Crippen LogP contribution >= 0.6 is 35.3 Å². The van der Waals surface area contributed by atoms with Crippen LogP contribution in [-0.2, 0) is 17.3 Å². The Hall–Kier alpha value is -2.87. The molecule has 0 unspecified atom stereocenters. The van der Waals surface area contributed by atoms with E-state index in [0.717, 1.165) is 17.3 Å². The summed E-state index contributed by atoms with van der Waals surface area (Å²) in [7, 11) is -1.31. The predicted octanol–water partition coefficient (Wildman–Crippen LogP) is 6.22. The first-order valence-electron chi connectivity index (χ1n) is 15.0. The van der Waals surface area contributed by atoms with Crippen molar-refractivity contribution in [2.45, 2.75) is 31.9 Å². The average molecular weight is 696 g/mol. The third kappa shape index (κ3) is 5.45. The van der Waals surface area contributed by atoms with E-state index in [9.17, 15) is 0 Å². The molecule has 2 radical (unpaired) electrons. The van der Waals surface area contributed by atoms with Gasteiger partial charge in [-0.25, -0.2) is 0 Å². The van der Waals surface area contributed by atoms with Crippen LogP contribution in [-0.4, -0.2) is 23.1 Å². The molecule has 0 aromatic heterocycles. The summed E-state index contributed by atoms with van der Waals surface area (Å²) >= 11 is 3.88. The van der Waals surface area contributed by atoms with Crippen molar-refractivity contribution in [2.24, 2.45) is 0 Å². The van der Waals surface area contributed by atoms with E-state index in [1.165, 1.54) is 46.9 Å². The van der Waals surface area contributed by atoms with Gasteiger partial charge in [-0.15, -0.1) is 0 Å². The normalized spacial score (nSPS) is 15.0. The van der Waals surface area contributed by atoms with Crippen molar-refractivity contribution < 1.29 is 0 Å². The summed E-state index contributed by atoms with van der Waals surface area (Å²) < 4.78 is 4.77. The van der Waals surface area contributed by atoms with E-state index in [4.69, 9.17) is 0 Å². The van der Waals surface area contributed by atoms with Crippen LogP contribution in [0.1, 0.15) is 16.7 Å². The monoisotopic (exact) mass is 696 g/mol. The van der Waals surface area contributed by atoms with Gasteiger partial charge < -0.3 is 0 Å². The first-order valence-corrected chi connectivity index (χ1v) is 22.6. The number of hydrogen-bond donors (Lipinski definition) is 0. The SMILES string of the molecule is c1cc[c]2c(c1)CSc1ccccc1[Si]1c3ccccc3SCc3cccc[c]3[Ge]2[c]2ccccc2CSc2ccccc21. The van der Waals surface area contributed by atoms with Crippen molar-refractivity contribution in [2.75, 3.05) is 0 Å². The van der Waals surface area contributed by atoms with Gasteiger partial charge in [-0.2, -0.15) is 0 Å². The summed E-state index contributed by atoms with van der Waals surface area (Å²) in [6.45, 7) is 0. The van der Waals surface area contributed by atoms with E-state index in [0.29, 0.717) is 0 Å². The molecule has 3 aliphatic heterocycles. The fraction of sp³-hybridized carbons (Fsp3) is 0.0769. The van der Waals surface area contributed by atoms with E-state index in [2.05, 4.69) is 146 Å². The molecule has 5 heteroatoms. The van der Waals surface area contributed by atoms with Crippen molar-refractivity contribution in [1.82, 2.24) is 0 Å². The van der Waals surface area contributed by atoms with Gasteiger partial charge in [0.05, 0.1) is 0 Å². The summed E-state index contributed by atoms with van der Waals surface area (Å²) in [5, 5.41) is 4.52. The maximum atomic E-state index is 2.46. The predicted molar refractivity (Wildman–Crippen MR) is 197 cm³/mol. The molecule has 6 aromatic carbocycles. The third-order valence-corrected chi connectivity index (χ3v) is 21.8. The quantitative estimate of drug-likeness (QED) is 0.173. The number of hydrogen-bond acceptors (Lipinski definition) is 3. The molecular weight excluding hydrogens is 665 g/mol. The standard InChI is InChI=1S/C39H30GeS3Si/c1-4-16-31-28(13-1)25-41-34-19-7-10-22-37(34)44-38-23-11-8-20-35(38)42-26-29-14-2-5-17-32(29)40(31)33-18-6-3-15-30(33)27-43-36-21-9-12-24-39(36)44/h1-24H,25-27H2. The van der Waals surface area contributed by atoms with E-state index < -0.39 is 23.1 Å². The molecule has 0 atom stereocenters. The van der Waals surface area contributed by atoms with Gasteiger partial charge in [0, 0.05) is 0 Å². The van der Waals surface area contributed by atoms with Crippen molar-refractivity contribution >= 4 is 87.2 Å². The van der Waals surface area contributed by atoms with Crippen molar-refractivity contribution in [1.29, 1.82) is 0 Å². The molecule has 0 amide bonds. The molecule has 3 heterocycles. The van der Waals surface area contributed by atoms with Crippen molar-refractivity contribution in [3.63, 3.8) is 0 Å². The van der Waals surface area contributed by atoms with Crippen LogP contribution in [0, 0.1) is 0 Å². The summed E-state index contributed by atoms with van der Waals surface area (Å²) in [5.74, 6) is 2.95. The van der Waals surface area contributed by atoms with Gasteiger partial charge in [-0.3, -0.25) is 0 Å². The molecule has 0 saturated carbocycles. The Labute approximate surface area is 279 Å². The molecule has 0 saturated heterocycles. The molecule has 2 bridgehead atoms. The Bertz CT molecular complexity index is 1600. The van der Waals surface area contributed by atoms with E-state index in [-0.39, 0.29) is 0 Å². The van der Waals surface area contributed by atoms with Gasteiger partial charge in [0.15, 0.2) is 0 Å². The Morgan fingerprint density at radius 1 is 0.364 bits per heavy atom. The molecule has 44 heavy (non-hydrogen) atoms. The zero-order valence-electron chi connectivity index (χ0n) is 24.2. The molecule has 212 valence electrons. The van der Waals surface area contributed by atoms with Crippen LogP contribution < -0.4 is 28.7 Å². The Morgan fingerprint density at radius 3 is 1.02 bits per heavy atom. The van der Waals surface area contributed by atoms with Gasteiger partial charge in [-0.05, 0) is 0 Å². The maximum absolute atomic E-state index is 2.46. The molecule has 0 aliphatic carbocycles. The molecule has 0 nitrogen and oxygen atoms in total. The Morgan fingerprint density at radius 2 is 0.659 bits per heavy atom. The number of thioether (sulfide) groups is 3. The first-order chi connectivity index (χ1) is 21.8. The first kappa shape index (κ1) is 28.6. The molecule has 9 rings (SSSR count). The fourth-order valence-electron chi connectivity index (χ4n) is 6.40. The second kappa shape index (κ2) is 12.9. The van der Waals surface area contributed by atoms with E-state index in [1.807, 2.05) is 35.3 Å². The van der Waals surface area contributed by atoms with E-state index >= 15 is 0 Å². The van der Waals surface area contributed by atoms with E-state index in [1.54, 1.807) is 13.2 Å². The minimum atomic E-state index is -2.22. The molecule has 3 aliphatic rings. The molecular formula is C39H30GeS3Si. The summed E-state index contributed by atoms with van der Waals surface area (Å²) in [4.78, 5) is 4.27. The van der Waals surface area contributed by atoms with Gasteiger partial charge in [0.2, 0.25) is 0 Å².